The second kappa shape index (κ2) is 4.68. The molecule has 1 unspecified atom stereocenters. The topological polar surface area (TPSA) is 72.5 Å². The summed E-state index contributed by atoms with van der Waals surface area (Å²) in [6.07, 6.45) is 0.103. The van der Waals surface area contributed by atoms with Gasteiger partial charge in [0.25, 0.3) is 0 Å². The maximum absolute atomic E-state index is 10.5. The van der Waals surface area contributed by atoms with Crippen LogP contribution in [0.1, 0.15) is 24.8 Å². The Labute approximate surface area is 88.7 Å². The summed E-state index contributed by atoms with van der Waals surface area (Å²) >= 11 is 0. The van der Waals surface area contributed by atoms with Crippen molar-refractivity contribution in [3.8, 4) is 5.75 Å². The summed E-state index contributed by atoms with van der Waals surface area (Å²) in [7, 11) is 1.55. The van der Waals surface area contributed by atoms with Gasteiger partial charge in [-0.25, -0.2) is 0 Å². The molecule has 82 valence electrons. The molecule has 0 amide bonds. The maximum Gasteiger partial charge on any atom is 0.303 e. The first-order valence-corrected chi connectivity index (χ1v) is 4.69. The SMILES string of the molecule is COc1ccc(C(C)CC(=O)O)cc1N. The van der Waals surface area contributed by atoms with Crippen molar-refractivity contribution in [3.63, 3.8) is 0 Å². The van der Waals surface area contributed by atoms with E-state index < -0.39 is 5.97 Å². The van der Waals surface area contributed by atoms with Crippen LogP contribution in [0.25, 0.3) is 0 Å². The van der Waals surface area contributed by atoms with Gasteiger partial charge in [-0.05, 0) is 23.6 Å². The van der Waals surface area contributed by atoms with E-state index in [1.807, 2.05) is 13.0 Å². The van der Waals surface area contributed by atoms with Crippen LogP contribution in [0.5, 0.6) is 5.75 Å². The molecule has 0 radical (unpaired) electrons. The fourth-order valence-corrected chi connectivity index (χ4v) is 1.44. The largest absolute Gasteiger partial charge is 0.495 e. The Hall–Kier alpha value is -1.71. The van der Waals surface area contributed by atoms with Crippen LogP contribution in [0, 0.1) is 0 Å². The van der Waals surface area contributed by atoms with Gasteiger partial charge in [-0.3, -0.25) is 4.79 Å². The summed E-state index contributed by atoms with van der Waals surface area (Å²) in [5.41, 5.74) is 7.18. The van der Waals surface area contributed by atoms with Crippen LogP contribution in [0.4, 0.5) is 5.69 Å². The van der Waals surface area contributed by atoms with Crippen molar-refractivity contribution in [1.29, 1.82) is 0 Å². The molecule has 0 saturated carbocycles. The van der Waals surface area contributed by atoms with Crippen molar-refractivity contribution in [2.75, 3.05) is 12.8 Å². The van der Waals surface area contributed by atoms with Gasteiger partial charge in [0.05, 0.1) is 19.2 Å². The molecule has 1 rings (SSSR count). The van der Waals surface area contributed by atoms with Gasteiger partial charge in [-0.15, -0.1) is 0 Å². The minimum atomic E-state index is -0.808. The second-order valence-electron chi connectivity index (χ2n) is 3.50. The van der Waals surface area contributed by atoms with Gasteiger partial charge < -0.3 is 15.6 Å². The molecule has 0 saturated heterocycles. The first kappa shape index (κ1) is 11.4. The highest BCUT2D eigenvalue weighted by molar-refractivity contribution is 5.68. The quantitative estimate of drug-likeness (QED) is 0.742. The highest BCUT2D eigenvalue weighted by Crippen LogP contribution is 2.27. The molecule has 0 aliphatic carbocycles. The number of carboxylic acid groups (broad SMARTS) is 1. The number of nitrogens with two attached hydrogens (primary N) is 1. The molecular weight excluding hydrogens is 194 g/mol. The molecule has 0 aliphatic rings. The molecule has 4 heteroatoms. The number of carbonyl (C=O) groups is 1. The van der Waals surface area contributed by atoms with E-state index in [9.17, 15) is 4.79 Å². The van der Waals surface area contributed by atoms with Crippen LogP contribution >= 0.6 is 0 Å². The normalized spacial score (nSPS) is 12.1. The number of hydrogen-bond donors (Lipinski definition) is 2. The summed E-state index contributed by atoms with van der Waals surface area (Å²) in [5.74, 6) is -0.242. The smallest absolute Gasteiger partial charge is 0.303 e. The molecule has 15 heavy (non-hydrogen) atoms. The Balaban J connectivity index is 2.87. The average Bonchev–Trinajstić information content (AvgIpc) is 2.16. The Kier molecular flexibility index (Phi) is 3.55. The lowest BCUT2D eigenvalue weighted by molar-refractivity contribution is -0.137. The van der Waals surface area contributed by atoms with Gasteiger partial charge in [0.1, 0.15) is 5.75 Å². The maximum atomic E-state index is 10.5. The highest BCUT2D eigenvalue weighted by Gasteiger charge is 2.11. The van der Waals surface area contributed by atoms with Crippen molar-refractivity contribution in [1.82, 2.24) is 0 Å². The summed E-state index contributed by atoms with van der Waals surface area (Å²) in [6, 6.07) is 5.35. The summed E-state index contributed by atoms with van der Waals surface area (Å²) < 4.78 is 5.02. The zero-order valence-electron chi connectivity index (χ0n) is 8.86. The molecule has 4 nitrogen and oxygen atoms in total. The summed E-state index contributed by atoms with van der Waals surface area (Å²) in [5, 5.41) is 8.66. The second-order valence-corrected chi connectivity index (χ2v) is 3.50. The van der Waals surface area contributed by atoms with Crippen LogP contribution in [-0.4, -0.2) is 18.2 Å². The predicted octanol–water partition coefficient (Wildman–Crippen LogP) is 1.86. The lowest BCUT2D eigenvalue weighted by Crippen LogP contribution is -2.03. The van der Waals surface area contributed by atoms with Crippen LogP contribution in [0.3, 0.4) is 0 Å². The van der Waals surface area contributed by atoms with Crippen LogP contribution in [-0.2, 0) is 4.79 Å². The Bertz CT molecular complexity index is 363. The number of benzene rings is 1. The van der Waals surface area contributed by atoms with E-state index in [0.717, 1.165) is 5.56 Å². The zero-order chi connectivity index (χ0) is 11.4. The number of methoxy groups -OCH3 is 1. The van der Waals surface area contributed by atoms with Crippen molar-refractivity contribution >= 4 is 11.7 Å². The first-order valence-electron chi connectivity index (χ1n) is 4.69. The van der Waals surface area contributed by atoms with E-state index in [1.54, 1.807) is 19.2 Å². The van der Waals surface area contributed by atoms with Gasteiger partial charge in [-0.1, -0.05) is 13.0 Å². The number of ether oxygens (including phenoxy) is 1. The zero-order valence-corrected chi connectivity index (χ0v) is 8.86. The van der Waals surface area contributed by atoms with Crippen LogP contribution in [0.15, 0.2) is 18.2 Å². The Morgan fingerprint density at radius 3 is 2.73 bits per heavy atom. The number of aliphatic carboxylic acids is 1. The molecule has 1 aromatic rings. The molecule has 0 bridgehead atoms. The fourth-order valence-electron chi connectivity index (χ4n) is 1.44. The van der Waals surface area contributed by atoms with E-state index >= 15 is 0 Å². The van der Waals surface area contributed by atoms with Crippen LogP contribution in [0.2, 0.25) is 0 Å². The monoisotopic (exact) mass is 209 g/mol. The predicted molar refractivity (Wildman–Crippen MR) is 58.1 cm³/mol. The minimum absolute atomic E-state index is 0.0456. The van der Waals surface area contributed by atoms with E-state index in [1.165, 1.54) is 0 Å². The lowest BCUT2D eigenvalue weighted by atomic mass is 9.97. The number of hydrogen-bond acceptors (Lipinski definition) is 3. The third-order valence-electron chi connectivity index (χ3n) is 2.30. The third-order valence-corrected chi connectivity index (χ3v) is 2.30. The average molecular weight is 209 g/mol. The Morgan fingerprint density at radius 2 is 2.27 bits per heavy atom. The van der Waals surface area contributed by atoms with Gasteiger partial charge in [0, 0.05) is 0 Å². The Morgan fingerprint density at radius 1 is 1.60 bits per heavy atom. The molecule has 1 aromatic carbocycles. The minimum Gasteiger partial charge on any atom is -0.495 e. The molecule has 0 heterocycles. The van der Waals surface area contributed by atoms with E-state index in [4.69, 9.17) is 15.6 Å². The third kappa shape index (κ3) is 2.87. The standard InChI is InChI=1S/C11H15NO3/c1-7(5-11(13)14)8-3-4-10(15-2)9(12)6-8/h3-4,6-7H,5,12H2,1-2H3,(H,13,14). The number of nitrogen functional groups attached to an aromatic ring is 1. The van der Waals surface area contributed by atoms with E-state index in [0.29, 0.717) is 11.4 Å². The first-order chi connectivity index (χ1) is 7.04. The number of carboxylic acids is 1. The van der Waals surface area contributed by atoms with Crippen molar-refractivity contribution in [2.45, 2.75) is 19.3 Å². The van der Waals surface area contributed by atoms with Gasteiger partial charge in [0.2, 0.25) is 0 Å². The summed E-state index contributed by atoms with van der Waals surface area (Å²) in [6.45, 7) is 1.86. The molecule has 1 atom stereocenters. The molecule has 0 spiro atoms. The van der Waals surface area contributed by atoms with E-state index in [2.05, 4.69) is 0 Å². The molecule has 0 fully saturated rings. The van der Waals surface area contributed by atoms with Gasteiger partial charge in [-0.2, -0.15) is 0 Å². The van der Waals surface area contributed by atoms with E-state index in [-0.39, 0.29) is 12.3 Å². The van der Waals surface area contributed by atoms with Crippen molar-refractivity contribution in [3.05, 3.63) is 23.8 Å². The van der Waals surface area contributed by atoms with Crippen molar-refractivity contribution < 1.29 is 14.6 Å². The van der Waals surface area contributed by atoms with Gasteiger partial charge >= 0.3 is 5.97 Å². The molecular formula is C11H15NO3. The van der Waals surface area contributed by atoms with Crippen molar-refractivity contribution in [2.24, 2.45) is 0 Å². The number of rotatable bonds is 4. The lowest BCUT2D eigenvalue weighted by Gasteiger charge is -2.11. The molecule has 0 aliphatic heterocycles. The van der Waals surface area contributed by atoms with Gasteiger partial charge in [0.15, 0.2) is 0 Å². The molecule has 3 N–H and O–H groups in total. The number of anilines is 1. The summed E-state index contributed by atoms with van der Waals surface area (Å²) in [4.78, 5) is 10.5. The fraction of sp³-hybridized carbons (Fsp3) is 0.364. The van der Waals surface area contributed by atoms with Crippen LogP contribution < -0.4 is 10.5 Å². The highest BCUT2D eigenvalue weighted by atomic mass is 16.5. The molecule has 0 aromatic heterocycles.